The first-order chi connectivity index (χ1) is 9.62. The third-order valence-electron chi connectivity index (χ3n) is 4.43. The maximum atomic E-state index is 11.6. The van der Waals surface area contributed by atoms with Gasteiger partial charge in [0.25, 0.3) is 0 Å². The highest BCUT2D eigenvalue weighted by atomic mass is 16.7. The van der Waals surface area contributed by atoms with Crippen molar-refractivity contribution in [2.24, 2.45) is 11.8 Å². The van der Waals surface area contributed by atoms with Crippen LogP contribution in [-0.4, -0.2) is 37.7 Å². The number of esters is 1. The van der Waals surface area contributed by atoms with Crippen LogP contribution in [0.3, 0.4) is 0 Å². The number of methoxy groups -OCH3 is 1. The van der Waals surface area contributed by atoms with Crippen LogP contribution in [0, 0.1) is 11.8 Å². The molecular formula is C15H20O5. The first-order valence-corrected chi connectivity index (χ1v) is 7.07. The summed E-state index contributed by atoms with van der Waals surface area (Å²) in [6.45, 7) is 4.47. The number of cyclic esters (lactones) is 1. The van der Waals surface area contributed by atoms with Gasteiger partial charge in [-0.15, -0.1) is 0 Å². The fraction of sp³-hybridized carbons (Fsp3) is 0.667. The molecular weight excluding hydrogens is 260 g/mol. The Morgan fingerprint density at radius 2 is 2.30 bits per heavy atom. The highest BCUT2D eigenvalue weighted by Gasteiger charge is 2.61. The molecule has 2 heterocycles. The molecule has 0 N–H and O–H groups in total. The molecule has 2 unspecified atom stereocenters. The molecule has 2 aliphatic heterocycles. The number of hydrogen-bond donors (Lipinski definition) is 0. The molecule has 20 heavy (non-hydrogen) atoms. The summed E-state index contributed by atoms with van der Waals surface area (Å²) in [6.07, 6.45) is 6.00. The lowest BCUT2D eigenvalue weighted by Crippen LogP contribution is -2.51. The van der Waals surface area contributed by atoms with Gasteiger partial charge in [-0.1, -0.05) is 19.1 Å². The zero-order valence-electron chi connectivity index (χ0n) is 12.0. The van der Waals surface area contributed by atoms with Crippen molar-refractivity contribution in [2.75, 3.05) is 13.7 Å². The van der Waals surface area contributed by atoms with E-state index >= 15 is 0 Å². The minimum Gasteiger partial charge on any atom is -0.497 e. The maximum absolute atomic E-state index is 11.6. The van der Waals surface area contributed by atoms with Gasteiger partial charge in [0.1, 0.15) is 5.76 Å². The summed E-state index contributed by atoms with van der Waals surface area (Å²) in [6, 6.07) is 0. The second-order valence-corrected chi connectivity index (χ2v) is 5.41. The Balaban J connectivity index is 1.95. The second-order valence-electron chi connectivity index (χ2n) is 5.41. The molecule has 1 aliphatic carbocycles. The summed E-state index contributed by atoms with van der Waals surface area (Å²) >= 11 is 0. The molecule has 5 heteroatoms. The van der Waals surface area contributed by atoms with E-state index in [1.807, 2.05) is 6.92 Å². The quantitative estimate of drug-likeness (QED) is 0.580. The van der Waals surface area contributed by atoms with Crippen molar-refractivity contribution in [1.29, 1.82) is 0 Å². The lowest BCUT2D eigenvalue weighted by atomic mass is 9.85. The van der Waals surface area contributed by atoms with E-state index in [2.05, 4.69) is 19.1 Å². The average molecular weight is 280 g/mol. The molecule has 0 aromatic rings. The lowest BCUT2D eigenvalue weighted by Gasteiger charge is -2.37. The summed E-state index contributed by atoms with van der Waals surface area (Å²) < 4.78 is 22.9. The predicted molar refractivity (Wildman–Crippen MR) is 70.6 cm³/mol. The molecule has 0 aromatic heterocycles. The molecule has 3 aliphatic rings. The number of rotatable bonds is 4. The molecule has 1 saturated heterocycles. The number of carbonyl (C=O) groups excluding carboxylic acids is 1. The minimum atomic E-state index is -0.956. The van der Waals surface area contributed by atoms with Crippen LogP contribution in [-0.2, 0) is 23.7 Å². The zero-order chi connectivity index (χ0) is 14.3. The van der Waals surface area contributed by atoms with E-state index in [1.165, 1.54) is 13.2 Å². The summed E-state index contributed by atoms with van der Waals surface area (Å²) in [5.74, 6) is -0.517. The van der Waals surface area contributed by atoms with Crippen LogP contribution >= 0.6 is 0 Å². The van der Waals surface area contributed by atoms with Gasteiger partial charge in [-0.05, 0) is 13.3 Å². The molecule has 110 valence electrons. The van der Waals surface area contributed by atoms with E-state index in [1.54, 1.807) is 0 Å². The van der Waals surface area contributed by atoms with Crippen LogP contribution in [0.5, 0.6) is 0 Å². The monoisotopic (exact) mass is 280 g/mol. The Hall–Kier alpha value is -1.33. The summed E-state index contributed by atoms with van der Waals surface area (Å²) in [7, 11) is 1.53. The van der Waals surface area contributed by atoms with Crippen molar-refractivity contribution in [3.63, 3.8) is 0 Å². The van der Waals surface area contributed by atoms with E-state index in [4.69, 9.17) is 18.9 Å². The van der Waals surface area contributed by atoms with Crippen LogP contribution in [0.15, 0.2) is 24.0 Å². The van der Waals surface area contributed by atoms with Gasteiger partial charge >= 0.3 is 5.97 Å². The van der Waals surface area contributed by atoms with Crippen molar-refractivity contribution in [2.45, 2.75) is 38.3 Å². The Bertz CT molecular complexity index is 469. The molecule has 0 spiro atoms. The van der Waals surface area contributed by atoms with E-state index in [-0.39, 0.29) is 12.0 Å². The predicted octanol–water partition coefficient (Wildman–Crippen LogP) is 1.79. The zero-order valence-corrected chi connectivity index (χ0v) is 12.0. The Morgan fingerprint density at radius 1 is 1.50 bits per heavy atom. The third kappa shape index (κ3) is 1.80. The van der Waals surface area contributed by atoms with Gasteiger partial charge in [-0.3, -0.25) is 0 Å². The number of hydrogen-bond acceptors (Lipinski definition) is 5. The van der Waals surface area contributed by atoms with Gasteiger partial charge in [-0.25, -0.2) is 4.79 Å². The third-order valence-corrected chi connectivity index (χ3v) is 4.43. The number of ether oxygens (including phenoxy) is 4. The molecule has 0 bridgehead atoms. The highest BCUT2D eigenvalue weighted by Crippen LogP contribution is 2.50. The molecule has 0 aromatic carbocycles. The van der Waals surface area contributed by atoms with Gasteiger partial charge in [-0.2, -0.15) is 0 Å². The molecule has 3 rings (SSSR count). The standard InChI is InChI=1S/C15H20O5/c1-4-18-15(14-12(17-3)8-13(16)19-14)9(2)10-6-5-7-11(10)20-15/h5-6,8-11,14H,4,7H2,1-3H3/t9-,10-,11-,14?,15?/m0/s1. The van der Waals surface area contributed by atoms with E-state index in [9.17, 15) is 4.79 Å². The fourth-order valence-electron chi connectivity index (χ4n) is 3.49. The highest BCUT2D eigenvalue weighted by molar-refractivity contribution is 5.85. The van der Waals surface area contributed by atoms with Crippen molar-refractivity contribution in [3.8, 4) is 0 Å². The first kappa shape index (κ1) is 13.6. The largest absolute Gasteiger partial charge is 0.497 e. The van der Waals surface area contributed by atoms with Crippen molar-refractivity contribution in [1.82, 2.24) is 0 Å². The van der Waals surface area contributed by atoms with E-state index in [0.29, 0.717) is 18.3 Å². The Labute approximate surface area is 118 Å². The average Bonchev–Trinajstić information content (AvgIpc) is 3.08. The molecule has 5 atom stereocenters. The first-order valence-electron chi connectivity index (χ1n) is 7.07. The van der Waals surface area contributed by atoms with Crippen molar-refractivity contribution < 1.29 is 23.7 Å². The maximum Gasteiger partial charge on any atom is 0.335 e. The molecule has 5 nitrogen and oxygen atoms in total. The fourth-order valence-corrected chi connectivity index (χ4v) is 3.49. The minimum absolute atomic E-state index is 0.0839. The molecule has 1 fully saturated rings. The normalized spacial score (nSPS) is 42.5. The number of carbonyl (C=O) groups is 1. The summed E-state index contributed by atoms with van der Waals surface area (Å²) in [5, 5.41) is 0. The lowest BCUT2D eigenvalue weighted by molar-refractivity contribution is -0.283. The van der Waals surface area contributed by atoms with Gasteiger partial charge in [0.2, 0.25) is 11.9 Å². The van der Waals surface area contributed by atoms with Crippen LogP contribution in [0.1, 0.15) is 20.3 Å². The second kappa shape index (κ2) is 4.90. The van der Waals surface area contributed by atoms with Crippen molar-refractivity contribution >= 4 is 5.97 Å². The smallest absolute Gasteiger partial charge is 0.335 e. The SMILES string of the molecule is CCOC1(C2OC(=O)C=C2OC)O[C@H]2CC=C[C@H]2[C@@H]1C. The number of fused-ring (bicyclic) bond motifs is 1. The summed E-state index contributed by atoms with van der Waals surface area (Å²) in [4.78, 5) is 11.6. The Morgan fingerprint density at radius 3 is 2.95 bits per heavy atom. The molecule has 0 radical (unpaired) electrons. The topological polar surface area (TPSA) is 54.0 Å². The van der Waals surface area contributed by atoms with Crippen LogP contribution < -0.4 is 0 Å². The van der Waals surface area contributed by atoms with E-state index < -0.39 is 17.9 Å². The van der Waals surface area contributed by atoms with Gasteiger partial charge < -0.3 is 18.9 Å². The molecule has 0 amide bonds. The van der Waals surface area contributed by atoms with Gasteiger partial charge in [0.05, 0.1) is 19.3 Å². The summed E-state index contributed by atoms with van der Waals surface area (Å²) in [5.41, 5.74) is 0. The van der Waals surface area contributed by atoms with Crippen LogP contribution in [0.2, 0.25) is 0 Å². The van der Waals surface area contributed by atoms with Gasteiger partial charge in [0, 0.05) is 18.4 Å². The molecule has 0 saturated carbocycles. The van der Waals surface area contributed by atoms with Crippen LogP contribution in [0.4, 0.5) is 0 Å². The van der Waals surface area contributed by atoms with E-state index in [0.717, 1.165) is 6.42 Å². The Kier molecular flexibility index (Phi) is 3.34. The van der Waals surface area contributed by atoms with Crippen LogP contribution in [0.25, 0.3) is 0 Å². The van der Waals surface area contributed by atoms with Crippen molar-refractivity contribution in [3.05, 3.63) is 24.0 Å². The van der Waals surface area contributed by atoms with Gasteiger partial charge in [0.15, 0.2) is 0 Å².